The average molecular weight is 504 g/mol. The van der Waals surface area contributed by atoms with Gasteiger partial charge in [-0.2, -0.15) is 4.80 Å². The van der Waals surface area contributed by atoms with Crippen molar-refractivity contribution in [1.29, 1.82) is 0 Å². The summed E-state index contributed by atoms with van der Waals surface area (Å²) in [5.41, 5.74) is 2.05. The van der Waals surface area contributed by atoms with Gasteiger partial charge < -0.3 is 10.1 Å². The lowest BCUT2D eigenvalue weighted by molar-refractivity contribution is 0.0945. The number of hydrogen-bond donors (Lipinski definition) is 1. The van der Waals surface area contributed by atoms with E-state index < -0.39 is 21.7 Å². The van der Waals surface area contributed by atoms with Crippen molar-refractivity contribution >= 4 is 15.9 Å². The van der Waals surface area contributed by atoms with Gasteiger partial charge in [-0.25, -0.2) is 22.1 Å². The Labute approximate surface area is 202 Å². The highest BCUT2D eigenvalue weighted by molar-refractivity contribution is 7.88. The molecule has 35 heavy (non-hydrogen) atoms. The number of amides is 1. The Balaban J connectivity index is 1.43. The number of nitrogens with zero attached hydrogens (tertiary/aromatic N) is 6. The Morgan fingerprint density at radius 3 is 2.80 bits per heavy atom. The van der Waals surface area contributed by atoms with Gasteiger partial charge in [0.25, 0.3) is 5.91 Å². The lowest BCUT2D eigenvalue weighted by Crippen LogP contribution is -2.28. The molecule has 1 saturated heterocycles. The Morgan fingerprint density at radius 2 is 2.09 bits per heavy atom. The van der Waals surface area contributed by atoms with Crippen LogP contribution in [0.15, 0.2) is 30.3 Å². The van der Waals surface area contributed by atoms with E-state index >= 15 is 0 Å². The van der Waals surface area contributed by atoms with Gasteiger partial charge in [-0.3, -0.25) is 4.79 Å². The Bertz CT molecular complexity index is 1350. The van der Waals surface area contributed by atoms with Crippen molar-refractivity contribution in [2.75, 3.05) is 26.5 Å². The van der Waals surface area contributed by atoms with Crippen LogP contribution in [-0.4, -0.2) is 70.3 Å². The smallest absolute Gasteiger partial charge is 0.270 e. The molecule has 13 heteroatoms. The molecule has 0 saturated carbocycles. The maximum atomic E-state index is 13.6. The van der Waals surface area contributed by atoms with Crippen LogP contribution in [0.25, 0.3) is 11.4 Å². The van der Waals surface area contributed by atoms with Crippen LogP contribution in [0.2, 0.25) is 0 Å². The number of tetrazole rings is 1. The lowest BCUT2D eigenvalue weighted by atomic mass is 10.1. The number of hydrogen-bond acceptors (Lipinski definition) is 8. The van der Waals surface area contributed by atoms with Crippen molar-refractivity contribution in [2.45, 2.75) is 26.4 Å². The van der Waals surface area contributed by atoms with Gasteiger partial charge in [-0.05, 0) is 54.3 Å². The number of sulfonamides is 1. The van der Waals surface area contributed by atoms with Crippen LogP contribution in [0.5, 0.6) is 5.75 Å². The fourth-order valence-corrected chi connectivity index (χ4v) is 4.83. The van der Waals surface area contributed by atoms with Crippen LogP contribution in [0.4, 0.5) is 4.39 Å². The van der Waals surface area contributed by atoms with Crippen LogP contribution in [0, 0.1) is 18.7 Å². The van der Waals surface area contributed by atoms with Crippen LogP contribution >= 0.6 is 0 Å². The third-order valence-electron chi connectivity index (χ3n) is 5.70. The van der Waals surface area contributed by atoms with E-state index in [0.717, 1.165) is 6.42 Å². The summed E-state index contributed by atoms with van der Waals surface area (Å²) in [5, 5.41) is 15.4. The molecule has 3 heterocycles. The molecule has 1 atom stereocenters. The topological polar surface area (TPSA) is 132 Å². The normalized spacial score (nSPS) is 16.4. The van der Waals surface area contributed by atoms with Gasteiger partial charge in [0.1, 0.15) is 5.69 Å². The molecule has 0 radical (unpaired) electrons. The summed E-state index contributed by atoms with van der Waals surface area (Å²) in [6.07, 6.45) is 1.93. The molecule has 3 aromatic rings. The Kier molecular flexibility index (Phi) is 7.08. The number of ether oxygens (including phenoxy) is 1. The van der Waals surface area contributed by atoms with Crippen LogP contribution in [0.1, 0.15) is 28.2 Å². The molecular weight excluding hydrogens is 477 g/mol. The Hall–Kier alpha value is -3.45. The molecule has 1 amide bonds. The number of methoxy groups -OCH3 is 1. The monoisotopic (exact) mass is 503 g/mol. The molecule has 1 fully saturated rings. The molecule has 0 spiro atoms. The zero-order chi connectivity index (χ0) is 25.2. The first-order valence-corrected chi connectivity index (χ1v) is 12.8. The van der Waals surface area contributed by atoms with Gasteiger partial charge in [-0.15, -0.1) is 10.2 Å². The van der Waals surface area contributed by atoms with Crippen molar-refractivity contribution in [3.63, 3.8) is 0 Å². The fourth-order valence-electron chi connectivity index (χ4n) is 3.92. The minimum Gasteiger partial charge on any atom is -0.494 e. The van der Waals surface area contributed by atoms with Gasteiger partial charge in [0, 0.05) is 30.9 Å². The van der Waals surface area contributed by atoms with Crippen LogP contribution in [-0.2, 0) is 23.1 Å². The minimum atomic E-state index is -3.21. The highest BCUT2D eigenvalue weighted by atomic mass is 32.2. The summed E-state index contributed by atoms with van der Waals surface area (Å²) in [7, 11) is -1.84. The number of rotatable bonds is 8. The predicted molar refractivity (Wildman–Crippen MR) is 124 cm³/mol. The first-order valence-electron chi connectivity index (χ1n) is 10.9. The van der Waals surface area contributed by atoms with E-state index in [-0.39, 0.29) is 23.9 Å². The van der Waals surface area contributed by atoms with Crippen LogP contribution < -0.4 is 10.1 Å². The summed E-state index contributed by atoms with van der Waals surface area (Å²) in [6.45, 7) is 3.28. The molecule has 4 rings (SSSR count). The quantitative estimate of drug-likeness (QED) is 0.488. The van der Waals surface area contributed by atoms with E-state index in [0.29, 0.717) is 42.3 Å². The number of carbonyl (C=O) groups is 1. The molecule has 1 aliphatic rings. The van der Waals surface area contributed by atoms with Crippen molar-refractivity contribution in [1.82, 2.24) is 34.8 Å². The van der Waals surface area contributed by atoms with Gasteiger partial charge in [0.2, 0.25) is 15.8 Å². The maximum absolute atomic E-state index is 13.6. The summed E-state index contributed by atoms with van der Waals surface area (Å²) in [6, 6.07) is 7.70. The summed E-state index contributed by atoms with van der Waals surface area (Å²) in [4.78, 5) is 18.5. The van der Waals surface area contributed by atoms with Crippen LogP contribution in [0.3, 0.4) is 0 Å². The highest BCUT2D eigenvalue weighted by Crippen LogP contribution is 2.21. The first kappa shape index (κ1) is 24.7. The minimum absolute atomic E-state index is 0.0948. The fraction of sp³-hybridized carbons (Fsp3) is 0.409. The summed E-state index contributed by atoms with van der Waals surface area (Å²) >= 11 is 0. The maximum Gasteiger partial charge on any atom is 0.270 e. The molecule has 0 unspecified atom stereocenters. The molecule has 11 nitrogen and oxygen atoms in total. The number of aromatic nitrogens is 5. The second-order valence-corrected chi connectivity index (χ2v) is 10.5. The molecule has 186 valence electrons. The number of halogens is 1. The van der Waals surface area contributed by atoms with E-state index in [2.05, 4.69) is 25.7 Å². The van der Waals surface area contributed by atoms with E-state index in [1.54, 1.807) is 25.1 Å². The molecular formula is C22H26FN7O4S. The highest BCUT2D eigenvalue weighted by Gasteiger charge is 2.29. The van der Waals surface area contributed by atoms with E-state index in [1.165, 1.54) is 34.6 Å². The van der Waals surface area contributed by atoms with E-state index in [1.807, 2.05) is 0 Å². The zero-order valence-corrected chi connectivity index (χ0v) is 20.4. The lowest BCUT2D eigenvalue weighted by Gasteiger charge is -2.12. The van der Waals surface area contributed by atoms with E-state index in [4.69, 9.17) is 4.74 Å². The van der Waals surface area contributed by atoms with Crippen molar-refractivity contribution in [3.05, 3.63) is 53.1 Å². The predicted octanol–water partition coefficient (Wildman–Crippen LogP) is 1.40. The van der Waals surface area contributed by atoms with Crippen molar-refractivity contribution < 1.29 is 22.3 Å². The standard InChI is InChI=1S/C22H26FN7O4S/c1-14-8-17(21-26-28-30(27-21)13-16-6-7-29(12-16)35(3,32)33)10-19(25-14)22(31)24-11-15-4-5-18(23)20(9-15)34-2/h4-5,8-10,16H,6-7,11-13H2,1-3H3,(H,24,31)/t16-/m1/s1. The van der Waals surface area contributed by atoms with Crippen molar-refractivity contribution in [2.24, 2.45) is 5.92 Å². The van der Waals surface area contributed by atoms with Gasteiger partial charge in [-0.1, -0.05) is 6.07 Å². The largest absolute Gasteiger partial charge is 0.494 e. The number of carbonyl (C=O) groups excluding carboxylic acids is 1. The number of benzene rings is 1. The summed E-state index contributed by atoms with van der Waals surface area (Å²) in [5.74, 6) is -0.349. The average Bonchev–Trinajstić information content (AvgIpc) is 3.48. The third-order valence-corrected chi connectivity index (χ3v) is 6.97. The number of pyridine rings is 1. The van der Waals surface area contributed by atoms with Gasteiger partial charge in [0.15, 0.2) is 11.6 Å². The number of aryl methyl sites for hydroxylation is 1. The summed E-state index contributed by atoms with van der Waals surface area (Å²) < 4.78 is 43.5. The molecule has 1 N–H and O–H groups in total. The van der Waals surface area contributed by atoms with Gasteiger partial charge in [0.05, 0.1) is 19.9 Å². The molecule has 2 aromatic heterocycles. The van der Waals surface area contributed by atoms with Gasteiger partial charge >= 0.3 is 0 Å². The SMILES string of the molecule is COc1cc(CNC(=O)c2cc(-c3nnn(C[C@@H]4CCN(S(C)(=O)=O)C4)n3)cc(C)n2)ccc1F. The molecule has 1 aliphatic heterocycles. The third kappa shape index (κ3) is 5.98. The van der Waals surface area contributed by atoms with E-state index in [9.17, 15) is 17.6 Å². The molecule has 1 aromatic carbocycles. The zero-order valence-electron chi connectivity index (χ0n) is 19.6. The molecule has 0 bridgehead atoms. The second-order valence-electron chi connectivity index (χ2n) is 8.48. The Morgan fingerprint density at radius 1 is 1.29 bits per heavy atom. The number of nitrogens with one attached hydrogen (secondary N) is 1. The molecule has 0 aliphatic carbocycles. The van der Waals surface area contributed by atoms with Crippen molar-refractivity contribution in [3.8, 4) is 17.1 Å². The first-order chi connectivity index (χ1) is 16.6. The second kappa shape index (κ2) is 10.0.